The number of hydrogen-bond donors (Lipinski definition) is 2. The molecule has 0 radical (unpaired) electrons. The molecule has 2 unspecified atom stereocenters. The van der Waals surface area contributed by atoms with Gasteiger partial charge in [-0.2, -0.15) is 0 Å². The third-order valence-corrected chi connectivity index (χ3v) is 3.72. The molecule has 1 aromatic rings. The van der Waals surface area contributed by atoms with Crippen LogP contribution >= 0.6 is 0 Å². The number of aliphatic hydroxyl groups excluding tert-OH is 1. The van der Waals surface area contributed by atoms with E-state index in [2.05, 4.69) is 0 Å². The van der Waals surface area contributed by atoms with Crippen LogP contribution in [0.3, 0.4) is 0 Å². The molecule has 0 bridgehead atoms. The van der Waals surface area contributed by atoms with Crippen molar-refractivity contribution in [1.82, 2.24) is 9.80 Å². The number of nitrogens with zero attached hydrogens (tertiary/aromatic N) is 2. The van der Waals surface area contributed by atoms with Gasteiger partial charge in [0.15, 0.2) is 0 Å². The van der Waals surface area contributed by atoms with E-state index in [1.54, 1.807) is 7.05 Å². The molecule has 2 amide bonds. The zero-order valence-corrected chi connectivity index (χ0v) is 12.0. The van der Waals surface area contributed by atoms with Crippen molar-refractivity contribution in [1.29, 1.82) is 0 Å². The van der Waals surface area contributed by atoms with Gasteiger partial charge in [-0.1, -0.05) is 30.3 Å². The van der Waals surface area contributed by atoms with Crippen molar-refractivity contribution in [2.24, 2.45) is 0 Å². The summed E-state index contributed by atoms with van der Waals surface area (Å²) in [5.74, 6) is -1.07. The summed E-state index contributed by atoms with van der Waals surface area (Å²) in [6.45, 7) is 0.577. The molecule has 114 valence electrons. The van der Waals surface area contributed by atoms with Crippen LogP contribution in [-0.4, -0.2) is 64.3 Å². The standard InChI is InChI=1S/C15H20N2O4/c1-16(8-7-11-5-3-2-4-6-11)15(21)17-10-12(18)9-13(17)14(19)20/h2-6,12-13,18H,7-10H2,1H3,(H,19,20). The largest absolute Gasteiger partial charge is 0.480 e. The number of aliphatic hydroxyl groups is 1. The van der Waals surface area contributed by atoms with E-state index in [1.165, 1.54) is 9.80 Å². The average Bonchev–Trinajstić information content (AvgIpc) is 2.87. The third kappa shape index (κ3) is 3.72. The molecule has 2 rings (SSSR count). The van der Waals surface area contributed by atoms with E-state index >= 15 is 0 Å². The van der Waals surface area contributed by atoms with Crippen LogP contribution in [0, 0.1) is 0 Å². The lowest BCUT2D eigenvalue weighted by atomic mass is 10.1. The van der Waals surface area contributed by atoms with Crippen LogP contribution in [0.4, 0.5) is 4.79 Å². The van der Waals surface area contributed by atoms with Gasteiger partial charge in [0.25, 0.3) is 0 Å². The van der Waals surface area contributed by atoms with Crippen LogP contribution in [0.15, 0.2) is 30.3 Å². The number of carbonyl (C=O) groups is 2. The van der Waals surface area contributed by atoms with Crippen LogP contribution in [-0.2, 0) is 11.2 Å². The summed E-state index contributed by atoms with van der Waals surface area (Å²) in [4.78, 5) is 26.2. The molecule has 0 aromatic heterocycles. The lowest BCUT2D eigenvalue weighted by Crippen LogP contribution is -2.47. The maximum Gasteiger partial charge on any atom is 0.326 e. The smallest absolute Gasteiger partial charge is 0.326 e. The Kier molecular flexibility index (Phi) is 4.80. The number of benzene rings is 1. The Labute approximate surface area is 123 Å². The number of β-amino-alcohol motifs (C(OH)–C–C–N with tert-alkyl or cyclic N) is 1. The lowest BCUT2D eigenvalue weighted by Gasteiger charge is -2.27. The summed E-state index contributed by atoms with van der Waals surface area (Å²) in [6, 6.07) is 8.49. The summed E-state index contributed by atoms with van der Waals surface area (Å²) >= 11 is 0. The molecule has 2 atom stereocenters. The highest BCUT2D eigenvalue weighted by Gasteiger charge is 2.39. The Balaban J connectivity index is 1.94. The summed E-state index contributed by atoms with van der Waals surface area (Å²) in [7, 11) is 1.65. The minimum atomic E-state index is -1.07. The molecule has 1 aliphatic rings. The number of likely N-dealkylation sites (N-methyl/N-ethyl adjacent to an activating group) is 1. The Morgan fingerprint density at radius 2 is 2.00 bits per heavy atom. The summed E-state index contributed by atoms with van der Waals surface area (Å²) in [5, 5.41) is 18.7. The van der Waals surface area contributed by atoms with E-state index in [0.717, 1.165) is 5.56 Å². The molecule has 0 aliphatic carbocycles. The number of urea groups is 1. The third-order valence-electron chi connectivity index (χ3n) is 3.72. The van der Waals surface area contributed by atoms with Crippen LogP contribution in [0.1, 0.15) is 12.0 Å². The second kappa shape index (κ2) is 6.58. The number of hydrogen-bond acceptors (Lipinski definition) is 3. The fraction of sp³-hybridized carbons (Fsp3) is 0.467. The first-order valence-corrected chi connectivity index (χ1v) is 6.95. The number of likely N-dealkylation sites (tertiary alicyclic amines) is 1. The van der Waals surface area contributed by atoms with Crippen molar-refractivity contribution in [2.75, 3.05) is 20.1 Å². The number of carboxylic acid groups (broad SMARTS) is 1. The maximum atomic E-state index is 12.3. The Hall–Kier alpha value is -2.08. The fourth-order valence-electron chi connectivity index (χ4n) is 2.52. The SMILES string of the molecule is CN(CCc1ccccc1)C(=O)N1CC(O)CC1C(=O)O. The maximum absolute atomic E-state index is 12.3. The first-order valence-electron chi connectivity index (χ1n) is 6.95. The van der Waals surface area contributed by atoms with E-state index in [0.29, 0.717) is 13.0 Å². The Bertz CT molecular complexity index is 506. The van der Waals surface area contributed by atoms with Gasteiger partial charge in [0, 0.05) is 26.6 Å². The van der Waals surface area contributed by atoms with Gasteiger partial charge >= 0.3 is 12.0 Å². The monoisotopic (exact) mass is 292 g/mol. The fourth-order valence-corrected chi connectivity index (χ4v) is 2.52. The van der Waals surface area contributed by atoms with E-state index in [1.807, 2.05) is 30.3 Å². The van der Waals surface area contributed by atoms with Crippen molar-refractivity contribution in [3.05, 3.63) is 35.9 Å². The Morgan fingerprint density at radius 1 is 1.33 bits per heavy atom. The van der Waals surface area contributed by atoms with Gasteiger partial charge in [0.05, 0.1) is 6.10 Å². The van der Waals surface area contributed by atoms with Crippen LogP contribution in [0.5, 0.6) is 0 Å². The number of aliphatic carboxylic acids is 1. The number of amides is 2. The number of carbonyl (C=O) groups excluding carboxylic acids is 1. The molecule has 1 saturated heterocycles. The summed E-state index contributed by atoms with van der Waals surface area (Å²) in [6.07, 6.45) is 0.0303. The highest BCUT2D eigenvalue weighted by molar-refractivity contribution is 5.83. The normalized spacial score (nSPS) is 21.3. The van der Waals surface area contributed by atoms with Gasteiger partial charge in [0.2, 0.25) is 0 Å². The van der Waals surface area contributed by atoms with Crippen molar-refractivity contribution < 1.29 is 19.8 Å². The van der Waals surface area contributed by atoms with Crippen LogP contribution in [0.2, 0.25) is 0 Å². The molecule has 6 heteroatoms. The van der Waals surface area contributed by atoms with Crippen LogP contribution < -0.4 is 0 Å². The predicted molar refractivity (Wildman–Crippen MR) is 76.9 cm³/mol. The topological polar surface area (TPSA) is 81.1 Å². The first-order chi connectivity index (χ1) is 9.99. The quantitative estimate of drug-likeness (QED) is 0.860. The lowest BCUT2D eigenvalue weighted by molar-refractivity contribution is -0.141. The van der Waals surface area contributed by atoms with Crippen molar-refractivity contribution in [2.45, 2.75) is 25.0 Å². The zero-order valence-electron chi connectivity index (χ0n) is 12.0. The first kappa shape index (κ1) is 15.3. The van der Waals surface area contributed by atoms with Gasteiger partial charge in [-0.15, -0.1) is 0 Å². The molecule has 0 spiro atoms. The number of rotatable bonds is 4. The summed E-state index contributed by atoms with van der Waals surface area (Å²) in [5.41, 5.74) is 1.12. The van der Waals surface area contributed by atoms with E-state index in [-0.39, 0.29) is 19.0 Å². The molecule has 1 aromatic carbocycles. The molecule has 21 heavy (non-hydrogen) atoms. The second-order valence-electron chi connectivity index (χ2n) is 5.34. The summed E-state index contributed by atoms with van der Waals surface area (Å²) < 4.78 is 0. The molecule has 0 saturated carbocycles. The Morgan fingerprint density at radius 3 is 2.62 bits per heavy atom. The van der Waals surface area contributed by atoms with Gasteiger partial charge in [0.1, 0.15) is 6.04 Å². The van der Waals surface area contributed by atoms with Crippen molar-refractivity contribution in [3.63, 3.8) is 0 Å². The van der Waals surface area contributed by atoms with Crippen LogP contribution in [0.25, 0.3) is 0 Å². The molecule has 1 aliphatic heterocycles. The van der Waals surface area contributed by atoms with E-state index < -0.39 is 18.1 Å². The zero-order chi connectivity index (χ0) is 15.4. The molecule has 2 N–H and O–H groups in total. The van der Waals surface area contributed by atoms with E-state index in [4.69, 9.17) is 5.11 Å². The van der Waals surface area contributed by atoms with Gasteiger partial charge in [-0.25, -0.2) is 9.59 Å². The average molecular weight is 292 g/mol. The predicted octanol–water partition coefficient (Wildman–Crippen LogP) is 0.801. The highest BCUT2D eigenvalue weighted by atomic mass is 16.4. The molecule has 1 fully saturated rings. The van der Waals surface area contributed by atoms with Gasteiger partial charge in [-0.05, 0) is 12.0 Å². The minimum absolute atomic E-state index is 0.0749. The molecular weight excluding hydrogens is 272 g/mol. The molecular formula is C15H20N2O4. The number of carboxylic acids is 1. The van der Waals surface area contributed by atoms with Gasteiger partial charge in [-0.3, -0.25) is 0 Å². The second-order valence-corrected chi connectivity index (χ2v) is 5.34. The molecule has 1 heterocycles. The van der Waals surface area contributed by atoms with Crippen molar-refractivity contribution >= 4 is 12.0 Å². The van der Waals surface area contributed by atoms with Crippen molar-refractivity contribution in [3.8, 4) is 0 Å². The highest BCUT2D eigenvalue weighted by Crippen LogP contribution is 2.19. The van der Waals surface area contributed by atoms with E-state index in [9.17, 15) is 14.7 Å². The minimum Gasteiger partial charge on any atom is -0.480 e. The van der Waals surface area contributed by atoms with Gasteiger partial charge < -0.3 is 20.0 Å². The molecule has 6 nitrogen and oxygen atoms in total.